The fourth-order valence-electron chi connectivity index (χ4n) is 3.00. The number of imidazole rings is 1. The lowest BCUT2D eigenvalue weighted by molar-refractivity contribution is -0.118. The van der Waals surface area contributed by atoms with Crippen molar-refractivity contribution in [2.75, 3.05) is 32.2 Å². The van der Waals surface area contributed by atoms with Gasteiger partial charge in [-0.15, -0.1) is 0 Å². The summed E-state index contributed by atoms with van der Waals surface area (Å²) in [5.41, 5.74) is -0.411. The minimum absolute atomic E-state index is 0.0210. The second-order valence-electron chi connectivity index (χ2n) is 6.95. The number of nitrogens with zero attached hydrogens (tertiary/aromatic N) is 3. The molecule has 12 nitrogen and oxygen atoms in total. The van der Waals surface area contributed by atoms with Crippen LogP contribution in [0.15, 0.2) is 11.1 Å². The van der Waals surface area contributed by atoms with Crippen molar-refractivity contribution >= 4 is 23.0 Å². The van der Waals surface area contributed by atoms with Crippen LogP contribution in [0, 0.1) is 5.92 Å². The van der Waals surface area contributed by atoms with E-state index in [0.717, 1.165) is 0 Å². The Hall–Kier alpha value is -2.38. The predicted octanol–water partition coefficient (Wildman–Crippen LogP) is -1.00. The molecule has 2 aromatic rings. The van der Waals surface area contributed by atoms with Crippen molar-refractivity contribution in [1.82, 2.24) is 19.5 Å². The second-order valence-corrected chi connectivity index (χ2v) is 6.95. The number of ether oxygens (including phenoxy) is 3. The highest BCUT2D eigenvalue weighted by Gasteiger charge is 2.45. The smallest absolute Gasteiger partial charge is 0.280 e. The van der Waals surface area contributed by atoms with Gasteiger partial charge in [0, 0.05) is 13.0 Å². The lowest BCUT2D eigenvalue weighted by atomic mass is 10.1. The van der Waals surface area contributed by atoms with Crippen molar-refractivity contribution in [3.63, 3.8) is 0 Å². The van der Waals surface area contributed by atoms with E-state index in [9.17, 15) is 19.8 Å². The SMILES string of the molecule is COCCOC1[C@@H](CO)O[C@@H](n2cnc3c(=O)[nH]c(NC(=O)C(C)C)nc32)[C@H]1O. The van der Waals surface area contributed by atoms with Gasteiger partial charge in [0.1, 0.15) is 18.3 Å². The number of nitrogens with one attached hydrogen (secondary N) is 2. The molecule has 1 amide bonds. The Morgan fingerprint density at radius 3 is 2.86 bits per heavy atom. The maximum atomic E-state index is 12.3. The highest BCUT2D eigenvalue weighted by molar-refractivity contribution is 5.91. The number of fused-ring (bicyclic) bond motifs is 1. The maximum absolute atomic E-state index is 12.3. The molecule has 4 atom stereocenters. The van der Waals surface area contributed by atoms with E-state index in [1.807, 2.05) is 0 Å². The first-order valence-electron chi connectivity index (χ1n) is 9.20. The van der Waals surface area contributed by atoms with Gasteiger partial charge in [0.15, 0.2) is 17.4 Å². The van der Waals surface area contributed by atoms with Crippen molar-refractivity contribution in [1.29, 1.82) is 0 Å². The zero-order chi connectivity index (χ0) is 21.1. The maximum Gasteiger partial charge on any atom is 0.280 e. The summed E-state index contributed by atoms with van der Waals surface area (Å²) in [4.78, 5) is 35.0. The quantitative estimate of drug-likeness (QED) is 0.399. The molecule has 4 N–H and O–H groups in total. The van der Waals surface area contributed by atoms with E-state index >= 15 is 0 Å². The molecule has 1 aliphatic heterocycles. The summed E-state index contributed by atoms with van der Waals surface area (Å²) in [5, 5.41) is 22.8. The molecule has 3 heterocycles. The largest absolute Gasteiger partial charge is 0.394 e. The Balaban J connectivity index is 1.91. The van der Waals surface area contributed by atoms with Crippen LogP contribution >= 0.6 is 0 Å². The molecule has 1 saturated heterocycles. The predicted molar refractivity (Wildman–Crippen MR) is 100 cm³/mol. The van der Waals surface area contributed by atoms with Gasteiger partial charge in [-0.2, -0.15) is 4.98 Å². The molecular formula is C17H25N5O7. The van der Waals surface area contributed by atoms with Crippen LogP contribution in [0.25, 0.3) is 11.2 Å². The number of aliphatic hydroxyl groups is 2. The standard InChI is InChI=1S/C17H25N5O7/c1-8(2)14(25)20-17-19-13-10(15(26)21-17)18-7-22(13)16-11(24)12(9(6-23)29-16)28-5-4-27-3/h7-9,11-12,16,23-24H,4-6H2,1-3H3,(H2,19,20,21,25,26)/t9-,11+,12?,16-/m1/s1. The van der Waals surface area contributed by atoms with Gasteiger partial charge in [-0.05, 0) is 0 Å². The molecule has 0 aliphatic carbocycles. The number of H-pyrrole nitrogens is 1. The molecule has 3 rings (SSSR count). The van der Waals surface area contributed by atoms with Crippen LogP contribution in [0.5, 0.6) is 0 Å². The zero-order valence-corrected chi connectivity index (χ0v) is 16.4. The van der Waals surface area contributed by atoms with Crippen molar-refractivity contribution in [3.8, 4) is 0 Å². The minimum Gasteiger partial charge on any atom is -0.394 e. The summed E-state index contributed by atoms with van der Waals surface area (Å²) in [6, 6.07) is 0. The molecular weight excluding hydrogens is 386 g/mol. The van der Waals surface area contributed by atoms with Gasteiger partial charge in [-0.25, -0.2) is 4.98 Å². The first-order chi connectivity index (χ1) is 13.9. The van der Waals surface area contributed by atoms with Crippen molar-refractivity contribution in [3.05, 3.63) is 16.7 Å². The monoisotopic (exact) mass is 411 g/mol. The third kappa shape index (κ3) is 4.31. The van der Waals surface area contributed by atoms with Crippen LogP contribution < -0.4 is 10.9 Å². The topological polar surface area (TPSA) is 161 Å². The van der Waals surface area contributed by atoms with Crippen molar-refractivity contribution in [2.45, 2.75) is 38.4 Å². The van der Waals surface area contributed by atoms with Gasteiger partial charge in [0.2, 0.25) is 11.9 Å². The summed E-state index contributed by atoms with van der Waals surface area (Å²) in [5.74, 6) is -0.666. The van der Waals surface area contributed by atoms with E-state index in [-0.39, 0.29) is 42.2 Å². The second kappa shape index (κ2) is 8.97. The highest BCUT2D eigenvalue weighted by atomic mass is 16.6. The van der Waals surface area contributed by atoms with E-state index in [1.165, 1.54) is 18.0 Å². The van der Waals surface area contributed by atoms with E-state index in [4.69, 9.17) is 14.2 Å². The Labute approximate surface area is 165 Å². The number of aromatic nitrogens is 4. The third-order valence-corrected chi connectivity index (χ3v) is 4.56. The van der Waals surface area contributed by atoms with Gasteiger partial charge in [-0.1, -0.05) is 13.8 Å². The van der Waals surface area contributed by atoms with E-state index in [1.54, 1.807) is 13.8 Å². The molecule has 0 spiro atoms. The number of carbonyl (C=O) groups is 1. The Morgan fingerprint density at radius 1 is 1.45 bits per heavy atom. The molecule has 160 valence electrons. The molecule has 0 saturated carbocycles. The summed E-state index contributed by atoms with van der Waals surface area (Å²) in [7, 11) is 1.52. The average Bonchev–Trinajstić information content (AvgIpc) is 3.23. The number of hydrogen-bond donors (Lipinski definition) is 4. The number of carbonyl (C=O) groups excluding carboxylic acids is 1. The van der Waals surface area contributed by atoms with Gasteiger partial charge in [0.05, 0.1) is 26.1 Å². The molecule has 0 aromatic carbocycles. The number of aliphatic hydroxyl groups excluding tert-OH is 2. The third-order valence-electron chi connectivity index (χ3n) is 4.56. The fraction of sp³-hybridized carbons (Fsp3) is 0.647. The van der Waals surface area contributed by atoms with Crippen LogP contribution in [-0.4, -0.2) is 80.9 Å². The molecule has 1 aliphatic rings. The van der Waals surface area contributed by atoms with Crippen molar-refractivity contribution < 1.29 is 29.2 Å². The fourth-order valence-corrected chi connectivity index (χ4v) is 3.00. The lowest BCUT2D eigenvalue weighted by Gasteiger charge is -2.19. The number of hydrogen-bond acceptors (Lipinski definition) is 9. The number of amides is 1. The summed E-state index contributed by atoms with van der Waals surface area (Å²) >= 11 is 0. The first kappa shape index (κ1) is 21.3. The van der Waals surface area contributed by atoms with Gasteiger partial charge in [0.25, 0.3) is 5.56 Å². The van der Waals surface area contributed by atoms with Gasteiger partial charge in [-0.3, -0.25) is 24.5 Å². The van der Waals surface area contributed by atoms with E-state index in [2.05, 4.69) is 20.3 Å². The Kier molecular flexibility index (Phi) is 6.59. The van der Waals surface area contributed by atoms with Crippen LogP contribution in [0.1, 0.15) is 20.1 Å². The summed E-state index contributed by atoms with van der Waals surface area (Å²) in [6.45, 7) is 3.56. The number of anilines is 1. The van der Waals surface area contributed by atoms with E-state index in [0.29, 0.717) is 6.61 Å². The molecule has 12 heteroatoms. The summed E-state index contributed by atoms with van der Waals surface area (Å²) in [6.07, 6.45) is -2.43. The average molecular weight is 411 g/mol. The van der Waals surface area contributed by atoms with E-state index < -0.39 is 30.1 Å². The van der Waals surface area contributed by atoms with Crippen LogP contribution in [0.3, 0.4) is 0 Å². The zero-order valence-electron chi connectivity index (χ0n) is 16.4. The van der Waals surface area contributed by atoms with Gasteiger partial charge < -0.3 is 24.4 Å². The normalized spacial score (nSPS) is 24.5. The minimum atomic E-state index is -1.16. The molecule has 1 fully saturated rings. The Bertz CT molecular complexity index is 911. The van der Waals surface area contributed by atoms with Crippen LogP contribution in [-0.2, 0) is 19.0 Å². The number of aromatic amines is 1. The molecule has 0 bridgehead atoms. The van der Waals surface area contributed by atoms with Gasteiger partial charge >= 0.3 is 0 Å². The molecule has 2 aromatic heterocycles. The molecule has 1 unspecified atom stereocenters. The highest BCUT2D eigenvalue weighted by Crippen LogP contribution is 2.32. The first-order valence-corrected chi connectivity index (χ1v) is 9.20. The molecule has 29 heavy (non-hydrogen) atoms. The van der Waals surface area contributed by atoms with Crippen molar-refractivity contribution in [2.24, 2.45) is 5.92 Å². The molecule has 0 radical (unpaired) electrons. The number of methoxy groups -OCH3 is 1. The lowest BCUT2D eigenvalue weighted by Crippen LogP contribution is -2.37. The van der Waals surface area contributed by atoms with Crippen LogP contribution in [0.2, 0.25) is 0 Å². The Morgan fingerprint density at radius 2 is 2.21 bits per heavy atom. The van der Waals surface area contributed by atoms with Crippen LogP contribution in [0.4, 0.5) is 5.95 Å². The number of rotatable bonds is 8. The summed E-state index contributed by atoms with van der Waals surface area (Å²) < 4.78 is 17.6.